The van der Waals surface area contributed by atoms with Gasteiger partial charge < -0.3 is 10.6 Å². The van der Waals surface area contributed by atoms with Gasteiger partial charge in [-0.2, -0.15) is 26.3 Å². The zero-order valence-corrected chi connectivity index (χ0v) is 24.8. The molecule has 2 atom stereocenters. The fourth-order valence-electron chi connectivity index (χ4n) is 4.72. The van der Waals surface area contributed by atoms with Crippen molar-refractivity contribution in [1.82, 2.24) is 0 Å². The molecule has 0 aliphatic heterocycles. The minimum Gasteiger partial charge on any atom is -0.326 e. The van der Waals surface area contributed by atoms with Gasteiger partial charge >= 0.3 is 18.3 Å². The highest BCUT2D eigenvalue weighted by atomic mass is 35.5. The Morgan fingerprint density at radius 3 is 2.16 bits per heavy atom. The van der Waals surface area contributed by atoms with Gasteiger partial charge in [0.15, 0.2) is 5.78 Å². The molecular formula is C29H20Cl3F7N2O3. The molecule has 3 aromatic rings. The Hall–Kier alpha value is -3.35. The Morgan fingerprint density at radius 2 is 1.55 bits per heavy atom. The summed E-state index contributed by atoms with van der Waals surface area (Å²) in [7, 11) is 0. The Labute approximate surface area is 260 Å². The van der Waals surface area contributed by atoms with Crippen LogP contribution in [0.15, 0.2) is 48.5 Å². The normalized spacial score (nSPS) is 17.6. The quantitative estimate of drug-likeness (QED) is 0.149. The van der Waals surface area contributed by atoms with E-state index >= 15 is 0 Å². The Morgan fingerprint density at radius 1 is 0.886 bits per heavy atom. The van der Waals surface area contributed by atoms with Crippen LogP contribution in [0, 0.1) is 25.6 Å². The summed E-state index contributed by atoms with van der Waals surface area (Å²) in [4.78, 5) is 37.5. The van der Waals surface area contributed by atoms with Crippen LogP contribution < -0.4 is 10.6 Å². The minimum atomic E-state index is -5.08. The summed E-state index contributed by atoms with van der Waals surface area (Å²) in [6.45, 7) is 3.04. The molecule has 0 spiro atoms. The highest BCUT2D eigenvalue weighted by Crippen LogP contribution is 2.65. The second kappa shape index (κ2) is 11.9. The molecule has 4 rings (SSSR count). The van der Waals surface area contributed by atoms with Gasteiger partial charge in [0.2, 0.25) is 5.91 Å². The van der Waals surface area contributed by atoms with Crippen LogP contribution in [0.2, 0.25) is 5.02 Å². The smallest absolute Gasteiger partial charge is 0.326 e. The number of nitrogens with one attached hydrogen (secondary N) is 2. The number of benzene rings is 3. The number of Topliss-reactive ketones (excluding diaryl/α,β-unsaturated/α-hetero) is 1. The third-order valence-electron chi connectivity index (χ3n) is 7.28. The zero-order chi connectivity index (χ0) is 32.9. The number of ketones is 1. The standard InChI is InChI=1S/C29H20Cl3F7N2O3/c1-12-13(2)21(41-26(44)29(37,38)39)8-4-14(12)10-22(42)17-11-16(5-6-19(17)30)40-25(43)24-23(27(24,31)32)15-3-7-20(33)18(9-15)28(34,35)36/h3-9,11,23-24H,10H2,1-2H3,(H,40,43)(H,41,44)/t23-,24+/m0/s1. The Balaban J connectivity index is 1.50. The first-order chi connectivity index (χ1) is 20.2. The molecule has 5 nitrogen and oxygen atoms in total. The molecule has 1 aliphatic carbocycles. The van der Waals surface area contributed by atoms with E-state index in [1.165, 1.54) is 37.3 Å². The van der Waals surface area contributed by atoms with Crippen molar-refractivity contribution < 1.29 is 45.1 Å². The number of amides is 2. The van der Waals surface area contributed by atoms with Crippen LogP contribution in [0.4, 0.5) is 42.1 Å². The number of hydrogen-bond acceptors (Lipinski definition) is 3. The van der Waals surface area contributed by atoms with Gasteiger partial charge in [0.05, 0.1) is 16.5 Å². The lowest BCUT2D eigenvalue weighted by atomic mass is 9.95. The van der Waals surface area contributed by atoms with E-state index in [-0.39, 0.29) is 33.9 Å². The molecule has 15 heteroatoms. The number of halogens is 10. The SMILES string of the molecule is Cc1c(CC(=O)c2cc(NC(=O)[C@H]3[C@H](c4ccc(F)c(C(F)(F)F)c4)C3(Cl)Cl)ccc2Cl)ccc(NC(=O)C(F)(F)F)c1C. The molecule has 0 saturated heterocycles. The molecule has 0 heterocycles. The van der Waals surface area contributed by atoms with Crippen LogP contribution in [0.25, 0.3) is 0 Å². The third-order valence-corrected chi connectivity index (χ3v) is 8.55. The van der Waals surface area contributed by atoms with Crippen molar-refractivity contribution in [1.29, 1.82) is 0 Å². The van der Waals surface area contributed by atoms with Crippen LogP contribution in [-0.4, -0.2) is 28.1 Å². The van der Waals surface area contributed by atoms with Crippen molar-refractivity contribution in [3.63, 3.8) is 0 Å². The number of anilines is 2. The summed E-state index contributed by atoms with van der Waals surface area (Å²) in [5.41, 5.74) is -0.419. The Kier molecular flexibility index (Phi) is 9.05. The van der Waals surface area contributed by atoms with Crippen molar-refractivity contribution >= 4 is 63.8 Å². The lowest BCUT2D eigenvalue weighted by molar-refractivity contribution is -0.167. The summed E-state index contributed by atoms with van der Waals surface area (Å²) in [6, 6.07) is 8.81. The molecule has 1 fully saturated rings. The lowest BCUT2D eigenvalue weighted by Gasteiger charge is -2.15. The van der Waals surface area contributed by atoms with Crippen LogP contribution in [0.1, 0.15) is 44.1 Å². The van der Waals surface area contributed by atoms with Crippen LogP contribution in [0.3, 0.4) is 0 Å². The zero-order valence-electron chi connectivity index (χ0n) is 22.5. The molecule has 0 radical (unpaired) electrons. The molecule has 0 aromatic heterocycles. The van der Waals surface area contributed by atoms with Crippen LogP contribution in [0.5, 0.6) is 0 Å². The van der Waals surface area contributed by atoms with E-state index in [1.54, 1.807) is 12.2 Å². The molecular weight excluding hydrogens is 664 g/mol. The number of rotatable bonds is 7. The predicted molar refractivity (Wildman–Crippen MR) is 151 cm³/mol. The molecule has 3 aromatic carbocycles. The van der Waals surface area contributed by atoms with Gasteiger partial charge in [-0.05, 0) is 72.5 Å². The second-order valence-electron chi connectivity index (χ2n) is 10.1. The summed E-state index contributed by atoms with van der Waals surface area (Å²) in [5, 5.41) is 4.32. The highest BCUT2D eigenvalue weighted by molar-refractivity contribution is 6.53. The highest BCUT2D eigenvalue weighted by Gasteiger charge is 2.67. The van der Waals surface area contributed by atoms with E-state index in [2.05, 4.69) is 5.32 Å². The van der Waals surface area contributed by atoms with Crippen molar-refractivity contribution in [2.45, 2.75) is 42.9 Å². The first kappa shape index (κ1) is 33.5. The summed E-state index contributed by atoms with van der Waals surface area (Å²) in [5.74, 6) is -7.23. The van der Waals surface area contributed by atoms with Crippen molar-refractivity contribution in [2.24, 2.45) is 5.92 Å². The van der Waals surface area contributed by atoms with E-state index in [4.69, 9.17) is 34.8 Å². The molecule has 2 amide bonds. The van der Waals surface area contributed by atoms with Gasteiger partial charge in [-0.1, -0.05) is 23.7 Å². The topological polar surface area (TPSA) is 75.3 Å². The average molecular weight is 684 g/mol. The number of carbonyl (C=O) groups is 3. The number of hydrogen-bond donors (Lipinski definition) is 2. The van der Waals surface area contributed by atoms with E-state index in [0.717, 1.165) is 6.07 Å². The maximum atomic E-state index is 13.7. The number of carbonyl (C=O) groups excluding carboxylic acids is 3. The van der Waals surface area contributed by atoms with E-state index < -0.39 is 57.5 Å². The second-order valence-corrected chi connectivity index (χ2v) is 12.0. The Bertz CT molecular complexity index is 1670. The van der Waals surface area contributed by atoms with Gasteiger partial charge in [-0.3, -0.25) is 14.4 Å². The van der Waals surface area contributed by atoms with Gasteiger partial charge in [0, 0.05) is 29.3 Å². The van der Waals surface area contributed by atoms with Crippen molar-refractivity contribution in [3.05, 3.63) is 92.8 Å². The first-order valence-electron chi connectivity index (χ1n) is 12.6. The van der Waals surface area contributed by atoms with Gasteiger partial charge in [0.1, 0.15) is 10.2 Å². The molecule has 1 saturated carbocycles. The van der Waals surface area contributed by atoms with Crippen molar-refractivity contribution in [2.75, 3.05) is 10.6 Å². The largest absolute Gasteiger partial charge is 0.471 e. The monoisotopic (exact) mass is 682 g/mol. The molecule has 0 unspecified atom stereocenters. The molecule has 2 N–H and O–H groups in total. The van der Waals surface area contributed by atoms with Gasteiger partial charge in [-0.25, -0.2) is 4.39 Å². The van der Waals surface area contributed by atoms with Crippen LogP contribution >= 0.6 is 34.8 Å². The fraction of sp³-hybridized carbons (Fsp3) is 0.276. The summed E-state index contributed by atoms with van der Waals surface area (Å²) >= 11 is 18.7. The third kappa shape index (κ3) is 6.82. The molecule has 234 valence electrons. The maximum Gasteiger partial charge on any atom is 0.471 e. The minimum absolute atomic E-state index is 0.0142. The van der Waals surface area contributed by atoms with Crippen LogP contribution in [-0.2, 0) is 22.2 Å². The summed E-state index contributed by atoms with van der Waals surface area (Å²) < 4.78 is 89.5. The lowest BCUT2D eigenvalue weighted by Crippen LogP contribution is -2.30. The molecule has 44 heavy (non-hydrogen) atoms. The molecule has 1 aliphatic rings. The maximum absolute atomic E-state index is 13.7. The van der Waals surface area contributed by atoms with E-state index in [0.29, 0.717) is 28.8 Å². The molecule has 0 bridgehead atoms. The number of alkyl halides is 8. The fourth-order valence-corrected chi connectivity index (χ4v) is 5.77. The summed E-state index contributed by atoms with van der Waals surface area (Å²) in [6.07, 6.45) is -10.3. The van der Waals surface area contributed by atoms with Gasteiger partial charge in [-0.15, -0.1) is 23.2 Å². The van der Waals surface area contributed by atoms with E-state index in [9.17, 15) is 45.1 Å². The van der Waals surface area contributed by atoms with E-state index in [1.807, 2.05) is 0 Å². The first-order valence-corrected chi connectivity index (χ1v) is 13.7. The average Bonchev–Trinajstić information content (AvgIpc) is 3.50. The predicted octanol–water partition coefficient (Wildman–Crippen LogP) is 8.57. The van der Waals surface area contributed by atoms with Gasteiger partial charge in [0.25, 0.3) is 0 Å². The van der Waals surface area contributed by atoms with Crippen molar-refractivity contribution in [3.8, 4) is 0 Å².